The molecule has 0 unspecified atom stereocenters. The minimum Gasteiger partial charge on any atom is -0.467 e. The first kappa shape index (κ1) is 10.7. The van der Waals surface area contributed by atoms with Crippen molar-refractivity contribution in [3.05, 3.63) is 23.7 Å². The Labute approximate surface area is 82.6 Å². The molecular weight excluding hydrogens is 184 g/mol. The number of ether oxygens (including phenoxy) is 1. The summed E-state index contributed by atoms with van der Waals surface area (Å²) in [6, 6.07) is 1.66. The van der Waals surface area contributed by atoms with E-state index in [1.807, 2.05) is 14.1 Å². The van der Waals surface area contributed by atoms with Gasteiger partial charge in [0.25, 0.3) is 0 Å². The van der Waals surface area contributed by atoms with Crippen molar-refractivity contribution in [1.29, 1.82) is 0 Å². The molecule has 1 N–H and O–H groups in total. The highest BCUT2D eigenvalue weighted by molar-refractivity contribution is 5.88. The zero-order chi connectivity index (χ0) is 10.6. The summed E-state index contributed by atoms with van der Waals surface area (Å²) in [7, 11) is 5.10. The van der Waals surface area contributed by atoms with E-state index in [1.165, 1.54) is 13.4 Å². The highest BCUT2D eigenvalue weighted by Gasteiger charge is 2.09. The molecule has 0 amide bonds. The number of carbonyl (C=O) groups excluding carboxylic acids is 1. The Balaban J connectivity index is 2.55. The smallest absolute Gasteiger partial charge is 0.341 e. The first-order chi connectivity index (χ1) is 6.63. The van der Waals surface area contributed by atoms with Crippen molar-refractivity contribution in [1.82, 2.24) is 10.4 Å². The molecule has 14 heavy (non-hydrogen) atoms. The maximum Gasteiger partial charge on any atom is 0.341 e. The van der Waals surface area contributed by atoms with Crippen LogP contribution in [-0.4, -0.2) is 32.2 Å². The molecule has 1 aromatic rings. The lowest BCUT2D eigenvalue weighted by Gasteiger charge is -2.09. The van der Waals surface area contributed by atoms with Gasteiger partial charge in [0.2, 0.25) is 0 Å². The van der Waals surface area contributed by atoms with Crippen LogP contribution in [0.1, 0.15) is 16.1 Å². The number of carbonyl (C=O) groups is 1. The third-order valence-electron chi connectivity index (χ3n) is 1.64. The molecule has 0 radical (unpaired) electrons. The highest BCUT2D eigenvalue weighted by atomic mass is 16.5. The van der Waals surface area contributed by atoms with E-state index in [1.54, 1.807) is 11.1 Å². The zero-order valence-corrected chi connectivity index (χ0v) is 8.53. The summed E-state index contributed by atoms with van der Waals surface area (Å²) in [6.07, 6.45) is 1.39. The second-order valence-corrected chi connectivity index (χ2v) is 3.02. The monoisotopic (exact) mass is 198 g/mol. The number of rotatable bonds is 4. The lowest BCUT2D eigenvalue weighted by atomic mass is 10.3. The van der Waals surface area contributed by atoms with Gasteiger partial charge in [-0.2, -0.15) is 0 Å². The van der Waals surface area contributed by atoms with Crippen molar-refractivity contribution in [2.24, 2.45) is 0 Å². The molecule has 0 saturated heterocycles. The van der Waals surface area contributed by atoms with Gasteiger partial charge in [0.15, 0.2) is 0 Å². The lowest BCUT2D eigenvalue weighted by Crippen LogP contribution is -2.29. The molecule has 5 nitrogen and oxygen atoms in total. The Hall–Kier alpha value is -1.33. The van der Waals surface area contributed by atoms with Gasteiger partial charge in [-0.3, -0.25) is 5.01 Å². The van der Waals surface area contributed by atoms with Crippen LogP contribution in [0.4, 0.5) is 0 Å². The Kier molecular flexibility index (Phi) is 3.67. The zero-order valence-electron chi connectivity index (χ0n) is 8.53. The summed E-state index contributed by atoms with van der Waals surface area (Å²) in [6.45, 7) is 0.546. The predicted octanol–water partition coefficient (Wildman–Crippen LogP) is 0.632. The number of methoxy groups -OCH3 is 1. The van der Waals surface area contributed by atoms with E-state index < -0.39 is 0 Å². The van der Waals surface area contributed by atoms with E-state index in [2.05, 4.69) is 10.2 Å². The van der Waals surface area contributed by atoms with Crippen LogP contribution in [0.5, 0.6) is 0 Å². The quantitative estimate of drug-likeness (QED) is 0.568. The maximum absolute atomic E-state index is 11.1. The molecule has 5 heteroatoms. The number of esters is 1. The Morgan fingerprint density at radius 2 is 2.36 bits per heavy atom. The van der Waals surface area contributed by atoms with Crippen LogP contribution in [0.15, 0.2) is 16.7 Å². The molecule has 0 spiro atoms. The van der Waals surface area contributed by atoms with Gasteiger partial charge in [0.05, 0.1) is 19.2 Å². The molecule has 0 bridgehead atoms. The molecule has 78 valence electrons. The number of nitrogens with zero attached hydrogens (tertiary/aromatic N) is 1. The predicted molar refractivity (Wildman–Crippen MR) is 50.6 cm³/mol. The minimum absolute atomic E-state index is 0.384. The van der Waals surface area contributed by atoms with E-state index >= 15 is 0 Å². The van der Waals surface area contributed by atoms with Gasteiger partial charge in [-0.15, -0.1) is 0 Å². The van der Waals surface area contributed by atoms with Crippen molar-refractivity contribution in [2.75, 3.05) is 21.2 Å². The van der Waals surface area contributed by atoms with Gasteiger partial charge in [-0.25, -0.2) is 10.2 Å². The van der Waals surface area contributed by atoms with Crippen LogP contribution in [0.2, 0.25) is 0 Å². The van der Waals surface area contributed by atoms with Crippen molar-refractivity contribution >= 4 is 5.97 Å². The fourth-order valence-electron chi connectivity index (χ4n) is 0.934. The maximum atomic E-state index is 11.1. The van der Waals surface area contributed by atoms with Crippen LogP contribution >= 0.6 is 0 Å². The van der Waals surface area contributed by atoms with E-state index in [4.69, 9.17) is 4.42 Å². The summed E-state index contributed by atoms with van der Waals surface area (Å²) in [5.74, 6) is 0.309. The van der Waals surface area contributed by atoms with Crippen molar-refractivity contribution < 1.29 is 13.9 Å². The Morgan fingerprint density at radius 1 is 1.64 bits per heavy atom. The van der Waals surface area contributed by atoms with Gasteiger partial charge < -0.3 is 9.15 Å². The molecule has 1 rings (SSSR count). The largest absolute Gasteiger partial charge is 0.467 e. The topological polar surface area (TPSA) is 54.7 Å². The third-order valence-corrected chi connectivity index (χ3v) is 1.64. The Morgan fingerprint density at radius 3 is 2.93 bits per heavy atom. The van der Waals surface area contributed by atoms with E-state index in [0.29, 0.717) is 17.9 Å². The fourth-order valence-corrected chi connectivity index (χ4v) is 0.934. The normalized spacial score (nSPS) is 10.6. The molecule has 0 aliphatic heterocycles. The molecule has 0 aliphatic carbocycles. The van der Waals surface area contributed by atoms with Gasteiger partial charge in [0.1, 0.15) is 12.0 Å². The SMILES string of the molecule is COC(=O)c1coc(CNN(C)C)c1. The van der Waals surface area contributed by atoms with Crippen LogP contribution in [0.3, 0.4) is 0 Å². The van der Waals surface area contributed by atoms with Gasteiger partial charge in [-0.05, 0) is 6.07 Å². The van der Waals surface area contributed by atoms with Gasteiger partial charge in [0, 0.05) is 14.1 Å². The van der Waals surface area contributed by atoms with Crippen LogP contribution in [0.25, 0.3) is 0 Å². The summed E-state index contributed by atoms with van der Waals surface area (Å²) in [4.78, 5) is 11.1. The molecule has 0 fully saturated rings. The minimum atomic E-state index is -0.384. The van der Waals surface area contributed by atoms with Crippen molar-refractivity contribution in [2.45, 2.75) is 6.54 Å². The van der Waals surface area contributed by atoms with Crippen molar-refractivity contribution in [3.8, 4) is 0 Å². The lowest BCUT2D eigenvalue weighted by molar-refractivity contribution is 0.0600. The molecule has 0 aliphatic rings. The summed E-state index contributed by atoms with van der Waals surface area (Å²) in [5, 5.41) is 1.81. The third kappa shape index (κ3) is 2.86. The number of hydrogen-bond donors (Lipinski definition) is 1. The van der Waals surface area contributed by atoms with Crippen molar-refractivity contribution in [3.63, 3.8) is 0 Å². The second-order valence-electron chi connectivity index (χ2n) is 3.02. The fraction of sp³-hybridized carbons (Fsp3) is 0.444. The van der Waals surface area contributed by atoms with Gasteiger partial charge in [-0.1, -0.05) is 0 Å². The molecule has 1 aromatic heterocycles. The number of hydrazine groups is 1. The average Bonchev–Trinajstić information content (AvgIpc) is 2.62. The summed E-state index contributed by atoms with van der Waals surface area (Å²) >= 11 is 0. The van der Waals surface area contributed by atoms with Crippen LogP contribution in [-0.2, 0) is 11.3 Å². The van der Waals surface area contributed by atoms with E-state index in [-0.39, 0.29) is 5.97 Å². The highest BCUT2D eigenvalue weighted by Crippen LogP contribution is 2.08. The Bertz CT molecular complexity index is 307. The van der Waals surface area contributed by atoms with Crippen LogP contribution < -0.4 is 5.43 Å². The number of furan rings is 1. The molecule has 1 heterocycles. The summed E-state index contributed by atoms with van der Waals surface area (Å²) in [5.41, 5.74) is 3.45. The van der Waals surface area contributed by atoms with Crippen LogP contribution in [0, 0.1) is 0 Å². The molecule has 0 saturated carbocycles. The standard InChI is InChI=1S/C9H14N2O3/c1-11(2)10-5-8-4-7(6-14-8)9(12)13-3/h4,6,10H,5H2,1-3H3. The van der Waals surface area contributed by atoms with E-state index in [9.17, 15) is 4.79 Å². The average molecular weight is 198 g/mol. The molecular formula is C9H14N2O3. The second kappa shape index (κ2) is 4.78. The number of nitrogens with one attached hydrogen (secondary N) is 1. The molecule has 0 aromatic carbocycles. The van der Waals surface area contributed by atoms with Gasteiger partial charge >= 0.3 is 5.97 Å². The first-order valence-electron chi connectivity index (χ1n) is 4.20. The van der Waals surface area contributed by atoms with E-state index in [0.717, 1.165) is 0 Å². The number of hydrogen-bond acceptors (Lipinski definition) is 5. The first-order valence-corrected chi connectivity index (χ1v) is 4.20. The molecule has 0 atom stereocenters. The summed E-state index contributed by atoms with van der Waals surface area (Å²) < 4.78 is 9.69.